The minimum absolute atomic E-state index is 0.138. The second-order valence-corrected chi connectivity index (χ2v) is 31.0. The van der Waals surface area contributed by atoms with Gasteiger partial charge in [-0.15, -0.1) is 0 Å². The van der Waals surface area contributed by atoms with Crippen LogP contribution in [-0.2, 0) is 175 Å². The Labute approximate surface area is 706 Å². The van der Waals surface area contributed by atoms with Gasteiger partial charge in [-0.3, -0.25) is 0 Å². The van der Waals surface area contributed by atoms with Gasteiger partial charge in [-0.25, -0.2) is 0 Å². The third-order valence-electron chi connectivity index (χ3n) is 22.9. The van der Waals surface area contributed by atoms with E-state index in [-0.39, 0.29) is 110 Å². The molecule has 120 heavy (non-hydrogen) atoms. The molecule has 0 aliphatic heterocycles. The molecule has 0 aliphatic rings. The zero-order valence-corrected chi connectivity index (χ0v) is 70.4. The van der Waals surface area contributed by atoms with Gasteiger partial charge in [0.25, 0.3) is 0 Å². The van der Waals surface area contributed by atoms with Gasteiger partial charge in [-0.1, -0.05) is 225 Å². The zero-order chi connectivity index (χ0) is 85.5. The molecule has 0 unspecified atom stereocenters. The van der Waals surface area contributed by atoms with E-state index in [0.717, 1.165) is 137 Å². The van der Waals surface area contributed by atoms with Crippen LogP contribution in [0.4, 0.5) is 0 Å². The number of hydrogen-bond acceptors (Lipinski definition) is 16. The van der Waals surface area contributed by atoms with Crippen molar-refractivity contribution < 1.29 is 80.2 Å². The van der Waals surface area contributed by atoms with Gasteiger partial charge in [-0.2, -0.15) is 0 Å². The van der Waals surface area contributed by atoms with Crippen molar-refractivity contribution >= 4 is 0 Å². The Morgan fingerprint density at radius 2 is 0.292 bits per heavy atom. The summed E-state index contributed by atoms with van der Waals surface area (Å²) in [6.45, 7) is 17.3. The van der Waals surface area contributed by atoms with E-state index in [1.54, 1.807) is 0 Å². The van der Waals surface area contributed by atoms with Crippen molar-refractivity contribution in [2.24, 2.45) is 0 Å². The van der Waals surface area contributed by atoms with E-state index in [1.165, 1.54) is 0 Å². The summed E-state index contributed by atoms with van der Waals surface area (Å²) in [4.78, 5) is 0. The van der Waals surface area contributed by atoms with Crippen LogP contribution in [0.5, 0.6) is 69.0 Å². The number of hydrogen-bond donors (Lipinski definition) is 12. The molecule has 0 spiro atoms. The molecular weight excluding hydrogens is 1510 g/mol. The second kappa shape index (κ2) is 42.7. The summed E-state index contributed by atoms with van der Waals surface area (Å²) in [7, 11) is 0. The fourth-order valence-electron chi connectivity index (χ4n) is 15.9. The molecule has 0 atom stereocenters. The molecule has 0 saturated heterocycles. The Kier molecular flexibility index (Phi) is 31.6. The van der Waals surface area contributed by atoms with E-state index >= 15 is 0 Å². The quantitative estimate of drug-likeness (QED) is 0.0171. The first-order chi connectivity index (χ1) is 58.1. The molecule has 0 bridgehead atoms. The molecule has 0 amide bonds. The molecule has 628 valence electrons. The van der Waals surface area contributed by atoms with E-state index in [4.69, 9.17) is 18.9 Å². The lowest BCUT2D eigenvalue weighted by molar-refractivity contribution is 0.103. The number of phenolic OH excluding ortho intramolecular Hbond substituents is 12. The lowest BCUT2D eigenvalue weighted by atomic mass is 9.94. The largest absolute Gasteiger partial charge is 0.507 e. The summed E-state index contributed by atoms with van der Waals surface area (Å²) in [5.74, 6) is 2.59. The van der Waals surface area contributed by atoms with Crippen LogP contribution in [0.1, 0.15) is 211 Å². The van der Waals surface area contributed by atoms with Gasteiger partial charge in [0.05, 0.1) is 52.9 Å². The van der Waals surface area contributed by atoms with E-state index in [1.807, 2.05) is 250 Å². The SMILES string of the molecule is CCc1cccc(COCc2cc(Cc3cccc(CCc4cccc(COCc5cc(Cc6cccc(CC)c6O)cc(CC)c5O)c4O)c3O)cc(CC)c2O)c1O.CCc1cccc(COCc2cc(Cc3cccc(CCc4cccc(COCc5cc(Cc6cccc(CC)c6O)cc(CC)c5O)c4O)c3O)cc(CC)c2O)c1O. The Morgan fingerprint density at radius 1 is 0.158 bits per heavy atom. The first kappa shape index (κ1) is 88.9. The van der Waals surface area contributed by atoms with E-state index in [9.17, 15) is 61.3 Å². The predicted octanol–water partition coefficient (Wildman–Crippen LogP) is 21.1. The van der Waals surface area contributed by atoms with Crippen LogP contribution in [-0.4, -0.2) is 61.3 Å². The summed E-state index contributed by atoms with van der Waals surface area (Å²) in [6, 6.07) is 61.0. The van der Waals surface area contributed by atoms with E-state index in [2.05, 4.69) is 0 Å². The molecular formula is C104H116O16. The van der Waals surface area contributed by atoms with E-state index in [0.29, 0.717) is 133 Å². The van der Waals surface area contributed by atoms with Crippen molar-refractivity contribution in [3.63, 3.8) is 0 Å². The maximum Gasteiger partial charge on any atom is 0.124 e. The van der Waals surface area contributed by atoms with Crippen molar-refractivity contribution in [1.82, 2.24) is 0 Å². The lowest BCUT2D eigenvalue weighted by Crippen LogP contribution is -2.01. The zero-order valence-electron chi connectivity index (χ0n) is 70.4. The normalized spacial score (nSPS) is 11.3. The minimum atomic E-state index is 0.138. The third-order valence-corrected chi connectivity index (χ3v) is 22.9. The molecule has 0 heterocycles. The summed E-state index contributed by atoms with van der Waals surface area (Å²) in [5, 5.41) is 132. The Hall–Kier alpha value is -11.9. The molecule has 12 aromatic rings. The maximum atomic E-state index is 11.4. The van der Waals surface area contributed by atoms with Gasteiger partial charge < -0.3 is 80.2 Å². The Balaban J connectivity index is 0.000000235. The Morgan fingerprint density at radius 3 is 0.492 bits per heavy atom. The van der Waals surface area contributed by atoms with Crippen molar-refractivity contribution in [2.45, 2.75) is 211 Å². The lowest BCUT2D eigenvalue weighted by Gasteiger charge is -2.16. The average Bonchev–Trinajstić information content (AvgIpc) is 0.821. The fraction of sp³-hybridized carbons (Fsp3) is 0.308. The highest BCUT2D eigenvalue weighted by Gasteiger charge is 2.22. The summed E-state index contributed by atoms with van der Waals surface area (Å²) in [6.07, 6.45) is 9.37. The number of benzene rings is 12. The monoisotopic (exact) mass is 1620 g/mol. The number of rotatable bonds is 38. The molecule has 12 N–H and O–H groups in total. The Bertz CT molecular complexity index is 5170. The van der Waals surface area contributed by atoms with Crippen LogP contribution >= 0.6 is 0 Å². The smallest absolute Gasteiger partial charge is 0.124 e. The fourth-order valence-corrected chi connectivity index (χ4v) is 15.9. The predicted molar refractivity (Wildman–Crippen MR) is 472 cm³/mol. The first-order valence-corrected chi connectivity index (χ1v) is 42.1. The maximum absolute atomic E-state index is 11.4. The van der Waals surface area contributed by atoms with Crippen LogP contribution in [0.3, 0.4) is 0 Å². The molecule has 0 aromatic heterocycles. The summed E-state index contributed by atoms with van der Waals surface area (Å²) < 4.78 is 24.1. The molecule has 0 fully saturated rings. The number of ether oxygens (including phenoxy) is 4. The van der Waals surface area contributed by atoms with Gasteiger partial charge >= 0.3 is 0 Å². The first-order valence-electron chi connectivity index (χ1n) is 42.1. The highest BCUT2D eigenvalue weighted by molar-refractivity contribution is 5.55. The molecule has 12 aromatic carbocycles. The van der Waals surface area contributed by atoms with Gasteiger partial charge in [0.2, 0.25) is 0 Å². The number of phenols is 12. The van der Waals surface area contributed by atoms with Crippen LogP contribution in [0.15, 0.2) is 194 Å². The molecule has 16 nitrogen and oxygen atoms in total. The number of para-hydroxylation sites is 8. The highest BCUT2D eigenvalue weighted by atomic mass is 16.5. The average molecular weight is 1620 g/mol. The topological polar surface area (TPSA) is 280 Å². The van der Waals surface area contributed by atoms with Crippen molar-refractivity contribution in [3.05, 3.63) is 350 Å². The minimum Gasteiger partial charge on any atom is -0.507 e. The van der Waals surface area contributed by atoms with Gasteiger partial charge in [0.1, 0.15) is 69.0 Å². The van der Waals surface area contributed by atoms with Crippen molar-refractivity contribution in [3.8, 4) is 69.0 Å². The van der Waals surface area contributed by atoms with Gasteiger partial charge in [-0.05, 0) is 213 Å². The number of aryl methyl sites for hydroxylation is 12. The standard InChI is InChI=1S/2C52H58O8/c2*1-5-35-13-9-17-41(47(35)53)25-33-23-37(7-3)49(55)45(27-33)32-60-30-44-20-12-16-40(52(44)58)22-21-39-15-11-18-42(51(39)57)26-34-24-38(8-4)50(56)46(28-34)31-59-29-43-19-10-14-36(6-2)48(43)54/h2*9-20,23-24,27-28,53-58H,5-8,21-22,25-26,29-32H2,1-4H3. The van der Waals surface area contributed by atoms with Crippen LogP contribution in [0.25, 0.3) is 0 Å². The summed E-state index contributed by atoms with van der Waals surface area (Å²) in [5.41, 5.74) is 22.0. The molecule has 12 rings (SSSR count). The van der Waals surface area contributed by atoms with Crippen molar-refractivity contribution in [1.29, 1.82) is 0 Å². The van der Waals surface area contributed by atoms with Gasteiger partial charge in [0, 0.05) is 70.2 Å². The van der Waals surface area contributed by atoms with Crippen LogP contribution in [0.2, 0.25) is 0 Å². The van der Waals surface area contributed by atoms with Crippen molar-refractivity contribution in [2.75, 3.05) is 0 Å². The van der Waals surface area contributed by atoms with Crippen LogP contribution in [0, 0.1) is 0 Å². The van der Waals surface area contributed by atoms with Crippen LogP contribution < -0.4 is 0 Å². The molecule has 16 heteroatoms. The number of aromatic hydroxyl groups is 12. The molecule has 0 aliphatic carbocycles. The molecule has 0 radical (unpaired) electrons. The second-order valence-electron chi connectivity index (χ2n) is 31.0. The van der Waals surface area contributed by atoms with E-state index < -0.39 is 0 Å². The van der Waals surface area contributed by atoms with Gasteiger partial charge in [0.15, 0.2) is 0 Å². The summed E-state index contributed by atoms with van der Waals surface area (Å²) >= 11 is 0. The third kappa shape index (κ3) is 22.1. The highest BCUT2D eigenvalue weighted by Crippen LogP contribution is 2.39. The molecule has 0 saturated carbocycles.